The molecule has 0 spiro atoms. The largest absolute Gasteiger partial charge is 0.431 e. The maximum absolute atomic E-state index is 13.1. The summed E-state index contributed by atoms with van der Waals surface area (Å²) in [5.41, 5.74) is 0.190. The molecule has 2 aromatic heterocycles. The lowest BCUT2D eigenvalue weighted by Gasteiger charge is -2.00. The van der Waals surface area contributed by atoms with Crippen molar-refractivity contribution in [2.75, 3.05) is 0 Å². The van der Waals surface area contributed by atoms with Gasteiger partial charge in [-0.2, -0.15) is 4.98 Å². The minimum atomic E-state index is -0.384. The lowest BCUT2D eigenvalue weighted by molar-refractivity contribution is 0.474. The van der Waals surface area contributed by atoms with Gasteiger partial charge in [-0.25, -0.2) is 9.37 Å². The molecule has 0 unspecified atom stereocenters. The van der Waals surface area contributed by atoms with Crippen molar-refractivity contribution in [1.29, 1.82) is 0 Å². The molecule has 1 aromatic carbocycles. The van der Waals surface area contributed by atoms with Crippen LogP contribution in [-0.2, 0) is 13.0 Å². The van der Waals surface area contributed by atoms with Gasteiger partial charge in [-0.1, -0.05) is 17.4 Å². The Labute approximate surface area is 122 Å². The zero-order valence-electron chi connectivity index (χ0n) is 10.9. The van der Waals surface area contributed by atoms with Gasteiger partial charge >= 0.3 is 0 Å². The Morgan fingerprint density at radius 2 is 2.24 bits per heavy atom. The molecule has 0 amide bonds. The summed E-state index contributed by atoms with van der Waals surface area (Å²) in [4.78, 5) is 21.5. The fraction of sp³-hybridized carbons (Fsp3) is 0.214. The molecule has 7 heteroatoms. The van der Waals surface area contributed by atoms with Crippen LogP contribution in [0.4, 0.5) is 4.39 Å². The van der Waals surface area contributed by atoms with Crippen molar-refractivity contribution in [2.45, 2.75) is 19.4 Å². The molecule has 1 aliphatic heterocycles. The van der Waals surface area contributed by atoms with Crippen molar-refractivity contribution in [3.05, 3.63) is 46.3 Å². The summed E-state index contributed by atoms with van der Waals surface area (Å²) in [6, 6.07) is 5.80. The van der Waals surface area contributed by atoms with E-state index < -0.39 is 0 Å². The van der Waals surface area contributed by atoms with Crippen LogP contribution in [-0.4, -0.2) is 14.5 Å². The number of fused-ring (bicyclic) bond motifs is 2. The predicted octanol–water partition coefficient (Wildman–Crippen LogP) is 2.73. The molecule has 0 radical (unpaired) electrons. The highest BCUT2D eigenvalue weighted by Crippen LogP contribution is 2.29. The van der Waals surface area contributed by atoms with Crippen LogP contribution in [0.15, 0.2) is 29.1 Å². The first-order valence-electron chi connectivity index (χ1n) is 6.54. The van der Waals surface area contributed by atoms with Crippen molar-refractivity contribution < 1.29 is 9.13 Å². The molecule has 0 bridgehead atoms. The summed E-state index contributed by atoms with van der Waals surface area (Å²) < 4.78 is 20.3. The van der Waals surface area contributed by atoms with Gasteiger partial charge in [0.1, 0.15) is 17.4 Å². The Bertz CT molecular complexity index is 903. The highest BCUT2D eigenvalue weighted by molar-refractivity contribution is 7.19. The molecule has 0 saturated carbocycles. The van der Waals surface area contributed by atoms with Crippen LogP contribution in [0.25, 0.3) is 10.3 Å². The molecule has 1 aliphatic rings. The quantitative estimate of drug-likeness (QED) is 0.730. The minimum Gasteiger partial charge on any atom is -0.431 e. The van der Waals surface area contributed by atoms with E-state index in [1.54, 1.807) is 16.7 Å². The molecule has 3 aromatic rings. The van der Waals surface area contributed by atoms with E-state index in [1.807, 2.05) is 0 Å². The Morgan fingerprint density at radius 1 is 1.33 bits per heavy atom. The Kier molecular flexibility index (Phi) is 2.75. The zero-order chi connectivity index (χ0) is 14.4. The summed E-state index contributed by atoms with van der Waals surface area (Å²) in [7, 11) is 0. The topological polar surface area (TPSA) is 57.0 Å². The van der Waals surface area contributed by atoms with E-state index in [4.69, 9.17) is 4.74 Å². The first kappa shape index (κ1) is 12.5. The number of hydrogen-bond donors (Lipinski definition) is 0. The summed E-state index contributed by atoms with van der Waals surface area (Å²) in [6.07, 6.45) is 1.75. The maximum atomic E-state index is 13.1. The van der Waals surface area contributed by atoms with Crippen LogP contribution in [0.5, 0.6) is 10.9 Å². The number of aryl methyl sites for hydroxylation is 1. The van der Waals surface area contributed by atoms with Crippen LogP contribution in [0, 0.1) is 5.82 Å². The minimum absolute atomic E-state index is 0.127. The monoisotopic (exact) mass is 303 g/mol. The van der Waals surface area contributed by atoms with Crippen molar-refractivity contribution >= 4 is 21.7 Å². The molecule has 0 N–H and O–H groups in total. The van der Waals surface area contributed by atoms with Gasteiger partial charge in [-0.15, -0.1) is 0 Å². The van der Waals surface area contributed by atoms with Crippen LogP contribution >= 0.6 is 11.3 Å². The van der Waals surface area contributed by atoms with E-state index >= 15 is 0 Å². The molecule has 3 heterocycles. The van der Waals surface area contributed by atoms with Gasteiger partial charge in [-0.3, -0.25) is 9.36 Å². The molecule has 0 atom stereocenters. The lowest BCUT2D eigenvalue weighted by atomic mass is 10.3. The molecule has 4 rings (SSSR count). The van der Waals surface area contributed by atoms with Gasteiger partial charge < -0.3 is 4.74 Å². The highest BCUT2D eigenvalue weighted by atomic mass is 32.1. The van der Waals surface area contributed by atoms with Gasteiger partial charge in [0.25, 0.3) is 10.8 Å². The van der Waals surface area contributed by atoms with Crippen LogP contribution in [0.1, 0.15) is 12.2 Å². The first-order valence-corrected chi connectivity index (χ1v) is 7.36. The van der Waals surface area contributed by atoms with Crippen molar-refractivity contribution in [1.82, 2.24) is 14.5 Å². The van der Waals surface area contributed by atoms with Crippen LogP contribution < -0.4 is 10.3 Å². The van der Waals surface area contributed by atoms with E-state index in [-0.39, 0.29) is 11.4 Å². The van der Waals surface area contributed by atoms with Crippen LogP contribution in [0.3, 0.4) is 0 Å². The first-order chi connectivity index (χ1) is 10.2. The van der Waals surface area contributed by atoms with Gasteiger partial charge in [0.05, 0.1) is 0 Å². The fourth-order valence-corrected chi connectivity index (χ4v) is 3.24. The number of hydrogen-bond acceptors (Lipinski definition) is 5. The average Bonchev–Trinajstić information content (AvgIpc) is 3.06. The van der Waals surface area contributed by atoms with Gasteiger partial charge in [0.2, 0.25) is 0 Å². The second-order valence-corrected chi connectivity index (χ2v) is 5.72. The number of benzene rings is 1. The molecule has 0 saturated heterocycles. The predicted molar refractivity (Wildman–Crippen MR) is 76.5 cm³/mol. The number of thiazole rings is 1. The maximum Gasteiger partial charge on any atom is 0.281 e. The molecule has 0 fully saturated rings. The average molecular weight is 303 g/mol. The Morgan fingerprint density at radius 3 is 3.10 bits per heavy atom. The Balaban J connectivity index is 1.78. The molecule has 0 aliphatic carbocycles. The lowest BCUT2D eigenvalue weighted by Crippen LogP contribution is -2.20. The molecular formula is C14H10FN3O2S. The third-order valence-corrected chi connectivity index (χ3v) is 4.19. The normalized spacial score (nSPS) is 13.6. The van der Waals surface area contributed by atoms with Gasteiger partial charge in [0, 0.05) is 19.0 Å². The summed E-state index contributed by atoms with van der Waals surface area (Å²) in [5.74, 6) is 0.765. The molecule has 21 heavy (non-hydrogen) atoms. The van der Waals surface area contributed by atoms with E-state index in [0.717, 1.165) is 18.7 Å². The van der Waals surface area contributed by atoms with E-state index in [0.29, 0.717) is 27.8 Å². The third-order valence-electron chi connectivity index (χ3n) is 3.36. The van der Waals surface area contributed by atoms with E-state index in [9.17, 15) is 9.18 Å². The highest BCUT2D eigenvalue weighted by Gasteiger charge is 2.19. The van der Waals surface area contributed by atoms with Crippen molar-refractivity contribution in [2.24, 2.45) is 0 Å². The van der Waals surface area contributed by atoms with Gasteiger partial charge in [0.15, 0.2) is 10.3 Å². The number of halogens is 1. The summed E-state index contributed by atoms with van der Waals surface area (Å²) in [6.45, 7) is 0.689. The number of rotatable bonds is 2. The van der Waals surface area contributed by atoms with E-state index in [2.05, 4.69) is 9.97 Å². The van der Waals surface area contributed by atoms with Crippen LogP contribution in [0.2, 0.25) is 0 Å². The SMILES string of the molecule is O=c1c2nc(Oc3cccc(F)c3)sc2nc2n1CCC2. The summed E-state index contributed by atoms with van der Waals surface area (Å²) >= 11 is 1.20. The number of ether oxygens (including phenoxy) is 1. The van der Waals surface area contributed by atoms with Crippen molar-refractivity contribution in [3.8, 4) is 10.9 Å². The molecule has 5 nitrogen and oxygen atoms in total. The smallest absolute Gasteiger partial charge is 0.281 e. The number of nitrogens with zero attached hydrogens (tertiary/aromatic N) is 3. The molecular weight excluding hydrogens is 293 g/mol. The molecule has 106 valence electrons. The second kappa shape index (κ2) is 4.63. The van der Waals surface area contributed by atoms with E-state index in [1.165, 1.54) is 23.5 Å². The second-order valence-electron chi connectivity index (χ2n) is 4.78. The summed E-state index contributed by atoms with van der Waals surface area (Å²) in [5, 5.41) is 0.296. The fourth-order valence-electron chi connectivity index (χ4n) is 2.42. The third kappa shape index (κ3) is 2.09. The standard InChI is InChI=1S/C14H10FN3O2S/c15-8-3-1-4-9(7-8)20-14-17-11-12(21-14)16-10-5-2-6-18(10)13(11)19/h1,3-4,7H,2,5-6H2. The van der Waals surface area contributed by atoms with Crippen molar-refractivity contribution in [3.63, 3.8) is 0 Å². The zero-order valence-corrected chi connectivity index (χ0v) is 11.7. The Hall–Kier alpha value is -2.28. The number of aromatic nitrogens is 3. The van der Waals surface area contributed by atoms with Gasteiger partial charge in [-0.05, 0) is 18.6 Å².